The summed E-state index contributed by atoms with van der Waals surface area (Å²) in [6, 6.07) is 3.48. The number of carbonyl (C=O) groups is 1. The van der Waals surface area contributed by atoms with Gasteiger partial charge in [0.1, 0.15) is 6.29 Å². The Bertz CT molecular complexity index is 316. The Morgan fingerprint density at radius 1 is 1.67 bits per heavy atom. The molecule has 0 saturated heterocycles. The topological polar surface area (TPSA) is 62.6 Å². The largest absolute Gasteiger partial charge is 0.303 e. The van der Waals surface area contributed by atoms with Crippen molar-refractivity contribution in [2.45, 2.75) is 18.9 Å². The van der Waals surface area contributed by atoms with Crippen LogP contribution < -0.4 is 0 Å². The molecule has 1 aromatic rings. The third-order valence-electron chi connectivity index (χ3n) is 2.21. The maximum absolute atomic E-state index is 10.4. The van der Waals surface area contributed by atoms with Crippen LogP contribution in [0, 0.1) is 4.91 Å². The lowest BCUT2D eigenvalue weighted by Gasteiger charge is -2.21. The molecule has 0 aliphatic carbocycles. The minimum atomic E-state index is -0.179. The predicted octanol–water partition coefficient (Wildman–Crippen LogP) is 1.71. The molecule has 1 unspecified atom stereocenters. The van der Waals surface area contributed by atoms with E-state index in [9.17, 15) is 9.70 Å². The zero-order valence-corrected chi connectivity index (χ0v) is 8.54. The van der Waals surface area contributed by atoms with Gasteiger partial charge in [-0.25, -0.2) is 0 Å². The van der Waals surface area contributed by atoms with Crippen molar-refractivity contribution in [3.63, 3.8) is 0 Å². The standard InChI is InChI=1S/C10H13N3O2/c1-13(12-15)10(5-3-7-14)9-4-2-6-11-8-9/h2,4,6-8,10H,3,5H2,1H3. The Morgan fingerprint density at radius 3 is 3.00 bits per heavy atom. The normalized spacial score (nSPS) is 11.8. The van der Waals surface area contributed by atoms with Crippen molar-refractivity contribution in [3.8, 4) is 0 Å². The smallest absolute Gasteiger partial charge is 0.120 e. The second-order valence-electron chi connectivity index (χ2n) is 3.20. The van der Waals surface area contributed by atoms with Crippen molar-refractivity contribution in [2.24, 2.45) is 5.29 Å². The Morgan fingerprint density at radius 2 is 2.47 bits per heavy atom. The first-order chi connectivity index (χ1) is 7.29. The number of rotatable bonds is 6. The predicted molar refractivity (Wildman–Crippen MR) is 55.8 cm³/mol. The van der Waals surface area contributed by atoms with Crippen LogP contribution in [-0.4, -0.2) is 23.3 Å². The van der Waals surface area contributed by atoms with E-state index in [1.54, 1.807) is 25.5 Å². The SMILES string of the molecule is CN(N=O)C(CCC=O)c1cccnc1. The van der Waals surface area contributed by atoms with Crippen molar-refractivity contribution in [1.29, 1.82) is 0 Å². The number of aromatic nitrogens is 1. The van der Waals surface area contributed by atoms with Crippen LogP contribution in [0.4, 0.5) is 0 Å². The summed E-state index contributed by atoms with van der Waals surface area (Å²) in [4.78, 5) is 24.7. The maximum atomic E-state index is 10.4. The van der Waals surface area contributed by atoms with E-state index in [-0.39, 0.29) is 6.04 Å². The summed E-state index contributed by atoms with van der Waals surface area (Å²) in [5.74, 6) is 0. The van der Waals surface area contributed by atoms with Gasteiger partial charge in [0.15, 0.2) is 0 Å². The van der Waals surface area contributed by atoms with Crippen LogP contribution in [-0.2, 0) is 4.79 Å². The lowest BCUT2D eigenvalue weighted by Crippen LogP contribution is -2.18. The van der Waals surface area contributed by atoms with Crippen LogP contribution >= 0.6 is 0 Å². The number of nitroso groups, excluding NO2 is 1. The molecule has 0 aliphatic rings. The van der Waals surface area contributed by atoms with Crippen LogP contribution in [0.5, 0.6) is 0 Å². The van der Waals surface area contributed by atoms with Gasteiger partial charge in [0.25, 0.3) is 0 Å². The number of aldehydes is 1. The molecular weight excluding hydrogens is 194 g/mol. The average Bonchev–Trinajstić information content (AvgIpc) is 2.30. The van der Waals surface area contributed by atoms with Crippen molar-refractivity contribution >= 4 is 6.29 Å². The molecule has 80 valence electrons. The van der Waals surface area contributed by atoms with Crippen LogP contribution in [0.1, 0.15) is 24.4 Å². The molecule has 1 aromatic heterocycles. The first kappa shape index (κ1) is 11.3. The summed E-state index contributed by atoms with van der Waals surface area (Å²) >= 11 is 0. The molecule has 0 radical (unpaired) electrons. The molecule has 0 amide bonds. The van der Waals surface area contributed by atoms with E-state index in [0.717, 1.165) is 11.8 Å². The Kier molecular flexibility index (Phi) is 4.40. The summed E-state index contributed by atoms with van der Waals surface area (Å²) in [7, 11) is 1.59. The highest BCUT2D eigenvalue weighted by atomic mass is 16.3. The molecule has 1 heterocycles. The maximum Gasteiger partial charge on any atom is 0.120 e. The van der Waals surface area contributed by atoms with Gasteiger partial charge in [-0.1, -0.05) is 6.07 Å². The number of hydrogen-bond acceptors (Lipinski definition) is 4. The highest BCUT2D eigenvalue weighted by molar-refractivity contribution is 5.49. The first-order valence-corrected chi connectivity index (χ1v) is 4.69. The highest BCUT2D eigenvalue weighted by Gasteiger charge is 2.16. The van der Waals surface area contributed by atoms with Gasteiger partial charge in [-0.3, -0.25) is 9.99 Å². The third kappa shape index (κ3) is 3.12. The minimum absolute atomic E-state index is 0.179. The molecule has 5 heteroatoms. The quantitative estimate of drug-likeness (QED) is 0.404. The van der Waals surface area contributed by atoms with Crippen LogP contribution in [0.2, 0.25) is 0 Å². The summed E-state index contributed by atoms with van der Waals surface area (Å²) in [6.07, 6.45) is 5.14. The van der Waals surface area contributed by atoms with E-state index in [2.05, 4.69) is 10.3 Å². The molecular formula is C10H13N3O2. The van der Waals surface area contributed by atoms with E-state index in [1.807, 2.05) is 6.07 Å². The second kappa shape index (κ2) is 5.85. The monoisotopic (exact) mass is 207 g/mol. The van der Waals surface area contributed by atoms with Gasteiger partial charge in [-0.2, -0.15) is 0 Å². The van der Waals surface area contributed by atoms with Gasteiger partial charge >= 0.3 is 0 Å². The van der Waals surface area contributed by atoms with Crippen molar-refractivity contribution < 1.29 is 4.79 Å². The number of carbonyl (C=O) groups excluding carboxylic acids is 1. The fraction of sp³-hybridized carbons (Fsp3) is 0.400. The van der Waals surface area contributed by atoms with E-state index in [4.69, 9.17) is 0 Å². The number of nitrogens with zero attached hydrogens (tertiary/aromatic N) is 3. The van der Waals surface area contributed by atoms with Gasteiger partial charge in [0.2, 0.25) is 0 Å². The molecule has 0 fully saturated rings. The summed E-state index contributed by atoms with van der Waals surface area (Å²) < 4.78 is 0. The Balaban J connectivity index is 2.80. The van der Waals surface area contributed by atoms with Gasteiger partial charge in [-0.05, 0) is 18.1 Å². The van der Waals surface area contributed by atoms with E-state index in [0.29, 0.717) is 12.8 Å². The van der Waals surface area contributed by atoms with E-state index < -0.39 is 0 Å². The van der Waals surface area contributed by atoms with Crippen LogP contribution in [0.3, 0.4) is 0 Å². The fourth-order valence-corrected chi connectivity index (χ4v) is 1.43. The molecule has 0 saturated carbocycles. The zero-order valence-electron chi connectivity index (χ0n) is 8.54. The molecule has 0 aliphatic heterocycles. The van der Waals surface area contributed by atoms with Crippen LogP contribution in [0.15, 0.2) is 29.8 Å². The average molecular weight is 207 g/mol. The van der Waals surface area contributed by atoms with E-state index >= 15 is 0 Å². The molecule has 1 atom stereocenters. The first-order valence-electron chi connectivity index (χ1n) is 4.69. The van der Waals surface area contributed by atoms with Gasteiger partial charge < -0.3 is 4.79 Å². The highest BCUT2D eigenvalue weighted by Crippen LogP contribution is 2.23. The Labute approximate surface area is 88.1 Å². The summed E-state index contributed by atoms with van der Waals surface area (Å²) in [6.45, 7) is 0. The molecule has 15 heavy (non-hydrogen) atoms. The van der Waals surface area contributed by atoms with Gasteiger partial charge in [0, 0.05) is 25.9 Å². The van der Waals surface area contributed by atoms with Crippen LogP contribution in [0.25, 0.3) is 0 Å². The minimum Gasteiger partial charge on any atom is -0.303 e. The molecule has 0 bridgehead atoms. The summed E-state index contributed by atoms with van der Waals surface area (Å²) in [5.41, 5.74) is 0.890. The number of hydrogen-bond donors (Lipinski definition) is 0. The molecule has 0 spiro atoms. The van der Waals surface area contributed by atoms with Crippen molar-refractivity contribution in [3.05, 3.63) is 35.0 Å². The van der Waals surface area contributed by atoms with Gasteiger partial charge in [-0.15, -0.1) is 4.91 Å². The zero-order chi connectivity index (χ0) is 11.1. The van der Waals surface area contributed by atoms with Gasteiger partial charge in [0.05, 0.1) is 11.3 Å². The van der Waals surface area contributed by atoms with E-state index in [1.165, 1.54) is 5.01 Å². The Hall–Kier alpha value is -1.78. The second-order valence-corrected chi connectivity index (χ2v) is 3.20. The molecule has 1 rings (SSSR count). The third-order valence-corrected chi connectivity index (χ3v) is 2.21. The lowest BCUT2D eigenvalue weighted by atomic mass is 10.0. The fourth-order valence-electron chi connectivity index (χ4n) is 1.43. The number of pyridine rings is 1. The lowest BCUT2D eigenvalue weighted by molar-refractivity contribution is -0.108. The molecule has 0 aromatic carbocycles. The van der Waals surface area contributed by atoms with Crippen molar-refractivity contribution in [1.82, 2.24) is 9.99 Å². The molecule has 0 N–H and O–H groups in total. The summed E-state index contributed by atoms with van der Waals surface area (Å²) in [5, 5.41) is 4.16. The van der Waals surface area contributed by atoms with Crippen molar-refractivity contribution in [2.75, 3.05) is 7.05 Å². The molecule has 5 nitrogen and oxygen atoms in total.